The van der Waals surface area contributed by atoms with E-state index in [0.29, 0.717) is 6.04 Å². The molecule has 0 fully saturated rings. The van der Waals surface area contributed by atoms with Gasteiger partial charge in [0.25, 0.3) is 0 Å². The molecule has 0 aliphatic carbocycles. The number of hydrogen-bond acceptors (Lipinski definition) is 3. The van der Waals surface area contributed by atoms with Gasteiger partial charge in [0.1, 0.15) is 0 Å². The second-order valence-electron chi connectivity index (χ2n) is 4.48. The van der Waals surface area contributed by atoms with Crippen molar-refractivity contribution in [1.82, 2.24) is 5.32 Å². The molecule has 0 amide bonds. The second-order valence-corrected chi connectivity index (χ2v) is 4.48. The van der Waals surface area contributed by atoms with E-state index in [2.05, 4.69) is 26.1 Å². The summed E-state index contributed by atoms with van der Waals surface area (Å²) in [6.45, 7) is 11.0. The van der Waals surface area contributed by atoms with Crippen molar-refractivity contribution in [2.24, 2.45) is 0 Å². The van der Waals surface area contributed by atoms with Crippen LogP contribution in [0.5, 0.6) is 0 Å². The third-order valence-electron chi connectivity index (χ3n) is 2.50. The number of methoxy groups -OCH3 is 1. The highest BCUT2D eigenvalue weighted by Gasteiger charge is 2.22. The molecule has 1 unspecified atom stereocenters. The minimum atomic E-state index is -0.0808. The van der Waals surface area contributed by atoms with Crippen molar-refractivity contribution in [3.8, 4) is 0 Å². The fraction of sp³-hybridized carbons (Fsp3) is 1.00. The molecule has 0 rings (SSSR count). The van der Waals surface area contributed by atoms with Gasteiger partial charge in [0.2, 0.25) is 0 Å². The van der Waals surface area contributed by atoms with Gasteiger partial charge in [-0.15, -0.1) is 0 Å². The standard InChI is InChI=1S/C12H27NO2/c1-6-8-13-11(10-15-7-2)9-12(3,4)14-5/h11,13H,6-10H2,1-5H3. The molecule has 0 aliphatic rings. The summed E-state index contributed by atoms with van der Waals surface area (Å²) in [5, 5.41) is 3.49. The monoisotopic (exact) mass is 217 g/mol. The van der Waals surface area contributed by atoms with Crippen molar-refractivity contribution in [2.75, 3.05) is 26.9 Å². The Bertz CT molecular complexity index is 141. The van der Waals surface area contributed by atoms with Crippen molar-refractivity contribution in [1.29, 1.82) is 0 Å². The lowest BCUT2D eigenvalue weighted by Crippen LogP contribution is -2.41. The van der Waals surface area contributed by atoms with Gasteiger partial charge in [0.05, 0.1) is 12.2 Å². The van der Waals surface area contributed by atoms with Gasteiger partial charge in [-0.3, -0.25) is 0 Å². The van der Waals surface area contributed by atoms with Crippen molar-refractivity contribution in [2.45, 2.75) is 52.2 Å². The maximum Gasteiger partial charge on any atom is 0.0638 e. The number of ether oxygens (including phenoxy) is 2. The molecule has 0 radical (unpaired) electrons. The number of nitrogens with one attached hydrogen (secondary N) is 1. The van der Waals surface area contributed by atoms with Crippen molar-refractivity contribution in [3.63, 3.8) is 0 Å². The second kappa shape index (κ2) is 8.08. The highest BCUT2D eigenvalue weighted by atomic mass is 16.5. The Morgan fingerprint density at radius 2 is 1.93 bits per heavy atom. The van der Waals surface area contributed by atoms with E-state index in [1.807, 2.05) is 6.92 Å². The van der Waals surface area contributed by atoms with Crippen molar-refractivity contribution < 1.29 is 9.47 Å². The lowest BCUT2D eigenvalue weighted by atomic mass is 9.99. The Balaban J connectivity index is 3.98. The van der Waals surface area contributed by atoms with E-state index in [4.69, 9.17) is 9.47 Å². The maximum absolute atomic E-state index is 5.47. The molecule has 3 nitrogen and oxygen atoms in total. The van der Waals surface area contributed by atoms with Crippen molar-refractivity contribution in [3.05, 3.63) is 0 Å². The predicted octanol–water partition coefficient (Wildman–Crippen LogP) is 2.21. The molecule has 0 saturated carbocycles. The average Bonchev–Trinajstić information content (AvgIpc) is 2.22. The average molecular weight is 217 g/mol. The fourth-order valence-corrected chi connectivity index (χ4v) is 1.48. The molecule has 0 bridgehead atoms. The first-order chi connectivity index (χ1) is 7.05. The van der Waals surface area contributed by atoms with Gasteiger partial charge in [-0.2, -0.15) is 0 Å². The summed E-state index contributed by atoms with van der Waals surface area (Å²) in [7, 11) is 1.76. The molecule has 1 atom stereocenters. The van der Waals surface area contributed by atoms with Gasteiger partial charge >= 0.3 is 0 Å². The Labute approximate surface area is 94.5 Å². The molecule has 1 N–H and O–H groups in total. The SMILES string of the molecule is CCCNC(COCC)CC(C)(C)OC. The minimum Gasteiger partial charge on any atom is -0.380 e. The quantitative estimate of drug-likeness (QED) is 0.642. The van der Waals surface area contributed by atoms with Crippen LogP contribution in [0.15, 0.2) is 0 Å². The summed E-state index contributed by atoms with van der Waals surface area (Å²) in [6.07, 6.45) is 2.12. The topological polar surface area (TPSA) is 30.5 Å². The van der Waals surface area contributed by atoms with Gasteiger partial charge in [-0.25, -0.2) is 0 Å². The van der Waals surface area contributed by atoms with E-state index in [-0.39, 0.29) is 5.60 Å². The molecule has 0 aromatic carbocycles. The zero-order valence-electron chi connectivity index (χ0n) is 10.9. The van der Waals surface area contributed by atoms with E-state index >= 15 is 0 Å². The lowest BCUT2D eigenvalue weighted by Gasteiger charge is -2.29. The van der Waals surface area contributed by atoms with E-state index in [1.165, 1.54) is 0 Å². The summed E-state index contributed by atoms with van der Waals surface area (Å²) < 4.78 is 10.9. The third kappa shape index (κ3) is 7.77. The largest absolute Gasteiger partial charge is 0.380 e. The summed E-state index contributed by atoms with van der Waals surface area (Å²) in [6, 6.07) is 0.389. The van der Waals surface area contributed by atoms with E-state index in [0.717, 1.165) is 32.6 Å². The molecule has 15 heavy (non-hydrogen) atoms. The van der Waals surface area contributed by atoms with Crippen LogP contribution in [-0.2, 0) is 9.47 Å². The third-order valence-corrected chi connectivity index (χ3v) is 2.50. The molecule has 92 valence electrons. The van der Waals surface area contributed by atoms with Crippen LogP contribution >= 0.6 is 0 Å². The summed E-state index contributed by atoms with van der Waals surface area (Å²) in [4.78, 5) is 0. The van der Waals surface area contributed by atoms with Crippen LogP contribution < -0.4 is 5.32 Å². The molecule has 0 saturated heterocycles. The first-order valence-corrected chi connectivity index (χ1v) is 5.92. The Morgan fingerprint density at radius 3 is 2.40 bits per heavy atom. The highest BCUT2D eigenvalue weighted by Crippen LogP contribution is 2.15. The Morgan fingerprint density at radius 1 is 1.27 bits per heavy atom. The molecular weight excluding hydrogens is 190 g/mol. The van der Waals surface area contributed by atoms with Gasteiger partial charge in [-0.05, 0) is 40.2 Å². The van der Waals surface area contributed by atoms with E-state index < -0.39 is 0 Å². The maximum atomic E-state index is 5.47. The summed E-state index contributed by atoms with van der Waals surface area (Å²) in [5.74, 6) is 0. The van der Waals surface area contributed by atoms with E-state index in [1.54, 1.807) is 7.11 Å². The van der Waals surface area contributed by atoms with Crippen LogP contribution in [0.3, 0.4) is 0 Å². The molecule has 0 aromatic heterocycles. The summed E-state index contributed by atoms with van der Waals surface area (Å²) in [5.41, 5.74) is -0.0808. The zero-order chi connectivity index (χ0) is 11.7. The molecule has 0 aliphatic heterocycles. The zero-order valence-corrected chi connectivity index (χ0v) is 10.9. The predicted molar refractivity (Wildman–Crippen MR) is 64.3 cm³/mol. The number of hydrogen-bond donors (Lipinski definition) is 1. The Hall–Kier alpha value is -0.120. The van der Waals surface area contributed by atoms with E-state index in [9.17, 15) is 0 Å². The molecule has 3 heteroatoms. The molecular formula is C12H27NO2. The van der Waals surface area contributed by atoms with Gasteiger partial charge in [0.15, 0.2) is 0 Å². The van der Waals surface area contributed by atoms with Crippen molar-refractivity contribution >= 4 is 0 Å². The first kappa shape index (κ1) is 14.9. The molecule has 0 spiro atoms. The smallest absolute Gasteiger partial charge is 0.0638 e. The summed E-state index contributed by atoms with van der Waals surface area (Å²) >= 11 is 0. The van der Waals surface area contributed by atoms with Crippen LogP contribution in [0, 0.1) is 0 Å². The van der Waals surface area contributed by atoms with Gasteiger partial charge < -0.3 is 14.8 Å². The normalized spacial score (nSPS) is 14.2. The molecule has 0 heterocycles. The van der Waals surface area contributed by atoms with Crippen LogP contribution in [0.1, 0.15) is 40.5 Å². The van der Waals surface area contributed by atoms with Crippen LogP contribution in [0.2, 0.25) is 0 Å². The van der Waals surface area contributed by atoms with Gasteiger partial charge in [-0.1, -0.05) is 6.92 Å². The van der Waals surface area contributed by atoms with Crippen LogP contribution in [0.4, 0.5) is 0 Å². The molecule has 0 aromatic rings. The van der Waals surface area contributed by atoms with Crippen LogP contribution in [-0.4, -0.2) is 38.5 Å². The van der Waals surface area contributed by atoms with Crippen LogP contribution in [0.25, 0.3) is 0 Å². The fourth-order valence-electron chi connectivity index (χ4n) is 1.48. The number of rotatable bonds is 9. The highest BCUT2D eigenvalue weighted by molar-refractivity contribution is 4.78. The lowest BCUT2D eigenvalue weighted by molar-refractivity contribution is -0.00374. The first-order valence-electron chi connectivity index (χ1n) is 5.92. The minimum absolute atomic E-state index is 0.0808. The Kier molecular flexibility index (Phi) is 8.02. The van der Waals surface area contributed by atoms with Gasteiger partial charge in [0, 0.05) is 19.8 Å².